The molecule has 1 atom stereocenters. The Balaban J connectivity index is 2.07. The van der Waals surface area contributed by atoms with Gasteiger partial charge in [-0.1, -0.05) is 36.4 Å². The molecule has 0 spiro atoms. The molecule has 90 valence electrons. The zero-order valence-electron chi connectivity index (χ0n) is 9.64. The van der Waals surface area contributed by atoms with E-state index in [1.807, 2.05) is 30.3 Å². The lowest BCUT2D eigenvalue weighted by Gasteiger charge is -2.09. The van der Waals surface area contributed by atoms with Crippen LogP contribution in [-0.2, 0) is 0 Å². The molecule has 0 amide bonds. The van der Waals surface area contributed by atoms with Crippen molar-refractivity contribution >= 4 is 11.0 Å². The van der Waals surface area contributed by atoms with Gasteiger partial charge in [-0.3, -0.25) is 0 Å². The molecule has 0 fully saturated rings. The summed E-state index contributed by atoms with van der Waals surface area (Å²) in [4.78, 5) is 0. The van der Waals surface area contributed by atoms with E-state index in [1.165, 1.54) is 6.07 Å². The highest BCUT2D eigenvalue weighted by Crippen LogP contribution is 2.27. The van der Waals surface area contributed by atoms with Gasteiger partial charge in [0.15, 0.2) is 0 Å². The highest BCUT2D eigenvalue weighted by atomic mass is 19.1. The maximum atomic E-state index is 13.7. The third kappa shape index (κ3) is 1.79. The number of fused-ring (bicyclic) bond motifs is 1. The van der Waals surface area contributed by atoms with Crippen LogP contribution in [0.3, 0.4) is 0 Å². The van der Waals surface area contributed by atoms with E-state index in [4.69, 9.17) is 10.2 Å². The van der Waals surface area contributed by atoms with E-state index in [0.29, 0.717) is 11.3 Å². The average molecular weight is 241 g/mol. The van der Waals surface area contributed by atoms with Crippen molar-refractivity contribution in [2.45, 2.75) is 6.04 Å². The van der Waals surface area contributed by atoms with Gasteiger partial charge in [0.05, 0.1) is 6.04 Å². The molecule has 2 nitrogen and oxygen atoms in total. The zero-order valence-corrected chi connectivity index (χ0v) is 9.64. The summed E-state index contributed by atoms with van der Waals surface area (Å²) in [6.45, 7) is 0. The van der Waals surface area contributed by atoms with E-state index in [2.05, 4.69) is 0 Å². The van der Waals surface area contributed by atoms with Gasteiger partial charge in [0.25, 0.3) is 0 Å². The Morgan fingerprint density at radius 1 is 1.00 bits per heavy atom. The molecule has 1 aromatic heterocycles. The van der Waals surface area contributed by atoms with Crippen molar-refractivity contribution in [2.75, 3.05) is 0 Å². The minimum absolute atomic E-state index is 0.314. The molecule has 0 saturated heterocycles. The van der Waals surface area contributed by atoms with Crippen LogP contribution >= 0.6 is 0 Å². The van der Waals surface area contributed by atoms with Gasteiger partial charge in [0.1, 0.15) is 17.2 Å². The first-order chi connectivity index (χ1) is 8.75. The van der Waals surface area contributed by atoms with Gasteiger partial charge in [-0.15, -0.1) is 0 Å². The van der Waals surface area contributed by atoms with Crippen molar-refractivity contribution in [3.05, 3.63) is 71.7 Å². The Morgan fingerprint density at radius 3 is 2.50 bits per heavy atom. The number of furan rings is 1. The van der Waals surface area contributed by atoms with Gasteiger partial charge in [-0.2, -0.15) is 0 Å². The largest absolute Gasteiger partial charge is 0.459 e. The molecule has 0 aliphatic carbocycles. The monoisotopic (exact) mass is 241 g/mol. The van der Waals surface area contributed by atoms with Crippen LogP contribution in [0.1, 0.15) is 17.4 Å². The van der Waals surface area contributed by atoms with Gasteiger partial charge < -0.3 is 10.2 Å². The van der Waals surface area contributed by atoms with Gasteiger partial charge in [-0.05, 0) is 18.2 Å². The van der Waals surface area contributed by atoms with Crippen molar-refractivity contribution < 1.29 is 8.81 Å². The SMILES string of the molecule is NC(c1cc2ccccc2o1)c1ccccc1F. The molecular formula is C15H12FNO. The minimum Gasteiger partial charge on any atom is -0.459 e. The lowest BCUT2D eigenvalue weighted by Crippen LogP contribution is -2.12. The molecule has 0 aliphatic rings. The van der Waals surface area contributed by atoms with Crippen LogP contribution in [0.5, 0.6) is 0 Å². The lowest BCUT2D eigenvalue weighted by atomic mass is 10.0. The van der Waals surface area contributed by atoms with Crippen molar-refractivity contribution in [1.29, 1.82) is 0 Å². The van der Waals surface area contributed by atoms with Crippen LogP contribution in [0, 0.1) is 5.82 Å². The van der Waals surface area contributed by atoms with E-state index < -0.39 is 6.04 Å². The van der Waals surface area contributed by atoms with E-state index in [1.54, 1.807) is 18.2 Å². The molecule has 0 bridgehead atoms. The fourth-order valence-electron chi connectivity index (χ4n) is 2.04. The predicted octanol–water partition coefficient (Wildman–Crippen LogP) is 3.62. The topological polar surface area (TPSA) is 39.2 Å². The summed E-state index contributed by atoms with van der Waals surface area (Å²) >= 11 is 0. The Labute approximate surface area is 104 Å². The Hall–Kier alpha value is -2.13. The highest BCUT2D eigenvalue weighted by Gasteiger charge is 2.17. The molecule has 2 N–H and O–H groups in total. The van der Waals surface area contributed by atoms with Gasteiger partial charge in [0.2, 0.25) is 0 Å². The average Bonchev–Trinajstić information content (AvgIpc) is 2.82. The van der Waals surface area contributed by atoms with Crippen molar-refractivity contribution in [1.82, 2.24) is 0 Å². The molecule has 3 heteroatoms. The zero-order chi connectivity index (χ0) is 12.5. The third-order valence-electron chi connectivity index (χ3n) is 2.99. The molecule has 3 rings (SSSR count). The summed E-state index contributed by atoms with van der Waals surface area (Å²) in [5, 5.41) is 0.972. The number of halogens is 1. The second-order valence-corrected chi connectivity index (χ2v) is 4.19. The van der Waals surface area contributed by atoms with Gasteiger partial charge in [-0.25, -0.2) is 4.39 Å². The minimum atomic E-state index is -0.585. The molecule has 3 aromatic rings. The number of para-hydroxylation sites is 1. The second kappa shape index (κ2) is 4.27. The molecule has 2 aromatic carbocycles. The van der Waals surface area contributed by atoms with E-state index in [0.717, 1.165) is 11.0 Å². The Morgan fingerprint density at radius 2 is 1.72 bits per heavy atom. The van der Waals surface area contributed by atoms with E-state index >= 15 is 0 Å². The lowest BCUT2D eigenvalue weighted by molar-refractivity contribution is 0.510. The number of benzene rings is 2. The molecular weight excluding hydrogens is 229 g/mol. The van der Waals surface area contributed by atoms with Crippen molar-refractivity contribution in [2.24, 2.45) is 5.73 Å². The molecule has 1 unspecified atom stereocenters. The van der Waals surface area contributed by atoms with Crippen molar-refractivity contribution in [3.8, 4) is 0 Å². The third-order valence-corrected chi connectivity index (χ3v) is 2.99. The van der Waals surface area contributed by atoms with E-state index in [9.17, 15) is 4.39 Å². The van der Waals surface area contributed by atoms with Crippen LogP contribution < -0.4 is 5.73 Å². The van der Waals surface area contributed by atoms with Crippen LogP contribution in [-0.4, -0.2) is 0 Å². The van der Waals surface area contributed by atoms with Crippen molar-refractivity contribution in [3.63, 3.8) is 0 Å². The maximum Gasteiger partial charge on any atom is 0.134 e. The Bertz CT molecular complexity index is 657. The van der Waals surface area contributed by atoms with Crippen LogP contribution in [0.25, 0.3) is 11.0 Å². The first-order valence-electron chi connectivity index (χ1n) is 5.74. The quantitative estimate of drug-likeness (QED) is 0.744. The first-order valence-corrected chi connectivity index (χ1v) is 5.74. The summed E-state index contributed by atoms with van der Waals surface area (Å²) in [7, 11) is 0. The fourth-order valence-corrected chi connectivity index (χ4v) is 2.04. The molecule has 0 radical (unpaired) electrons. The standard InChI is InChI=1S/C15H12FNO/c16-12-7-3-2-6-11(12)15(17)14-9-10-5-1-4-8-13(10)18-14/h1-9,15H,17H2. The normalized spacial score (nSPS) is 12.8. The van der Waals surface area contributed by atoms with Crippen LogP contribution in [0.2, 0.25) is 0 Å². The molecule has 18 heavy (non-hydrogen) atoms. The number of nitrogens with two attached hydrogens (primary N) is 1. The van der Waals surface area contributed by atoms with Gasteiger partial charge in [0, 0.05) is 10.9 Å². The van der Waals surface area contributed by atoms with E-state index in [-0.39, 0.29) is 5.82 Å². The number of hydrogen-bond donors (Lipinski definition) is 1. The highest BCUT2D eigenvalue weighted by molar-refractivity contribution is 5.77. The summed E-state index contributed by atoms with van der Waals surface area (Å²) in [5.41, 5.74) is 7.25. The first kappa shape index (κ1) is 11.0. The molecule has 1 heterocycles. The molecule has 0 saturated carbocycles. The smallest absolute Gasteiger partial charge is 0.134 e. The summed E-state index contributed by atoms with van der Waals surface area (Å²) < 4.78 is 19.3. The number of rotatable bonds is 2. The van der Waals surface area contributed by atoms with Crippen LogP contribution in [0.15, 0.2) is 59.0 Å². The molecule has 0 aliphatic heterocycles. The summed E-state index contributed by atoms with van der Waals surface area (Å²) in [5.74, 6) is 0.256. The number of hydrogen-bond acceptors (Lipinski definition) is 2. The second-order valence-electron chi connectivity index (χ2n) is 4.19. The summed E-state index contributed by atoms with van der Waals surface area (Å²) in [6, 6.07) is 15.4. The summed E-state index contributed by atoms with van der Waals surface area (Å²) in [6.07, 6.45) is 0. The Kier molecular flexibility index (Phi) is 2.61. The fraction of sp³-hybridized carbons (Fsp3) is 0.0667. The van der Waals surface area contributed by atoms with Gasteiger partial charge >= 0.3 is 0 Å². The maximum absolute atomic E-state index is 13.7. The van der Waals surface area contributed by atoms with Crippen LogP contribution in [0.4, 0.5) is 4.39 Å². The predicted molar refractivity (Wildman–Crippen MR) is 68.6 cm³/mol.